The summed E-state index contributed by atoms with van der Waals surface area (Å²) < 4.78 is 31.5. The molecule has 0 spiro atoms. The van der Waals surface area contributed by atoms with Crippen molar-refractivity contribution in [2.75, 3.05) is 25.0 Å². The van der Waals surface area contributed by atoms with E-state index in [4.69, 9.17) is 4.74 Å². The van der Waals surface area contributed by atoms with Gasteiger partial charge in [0.15, 0.2) is 0 Å². The molecule has 0 heterocycles. The number of nitrogens with one attached hydrogen (secondary N) is 3. The molecule has 0 aliphatic carbocycles. The molecule has 2 aromatic carbocycles. The second-order valence-electron chi connectivity index (χ2n) is 6.24. The van der Waals surface area contributed by atoms with Crippen molar-refractivity contribution in [1.29, 1.82) is 0 Å². The van der Waals surface area contributed by atoms with E-state index in [9.17, 15) is 28.1 Å². The largest absolute Gasteiger partial charge is 0.463 e. The fraction of sp³-hybridized carbons (Fsp3) is 0.200. The smallest absolute Gasteiger partial charge is 0.330 e. The Morgan fingerprint density at radius 3 is 2.50 bits per heavy atom. The molecule has 11 nitrogen and oxygen atoms in total. The van der Waals surface area contributed by atoms with Crippen LogP contribution in [0, 0.1) is 10.1 Å². The lowest BCUT2D eigenvalue weighted by Gasteiger charge is -2.09. The van der Waals surface area contributed by atoms with Crippen molar-refractivity contribution in [2.45, 2.75) is 11.8 Å². The number of anilines is 1. The topological polar surface area (TPSA) is 157 Å². The summed E-state index contributed by atoms with van der Waals surface area (Å²) in [6, 6.07) is 10.8. The Bertz CT molecular complexity index is 1100. The summed E-state index contributed by atoms with van der Waals surface area (Å²) in [4.78, 5) is 33.1. The number of nitro groups is 1. The van der Waals surface area contributed by atoms with Gasteiger partial charge in [-0.25, -0.2) is 22.7 Å². The zero-order valence-electron chi connectivity index (χ0n) is 17.1. The molecule has 0 saturated carbocycles. The molecule has 0 aliphatic rings. The summed E-state index contributed by atoms with van der Waals surface area (Å²) in [5.74, 6) is -0.449. The minimum absolute atomic E-state index is 0.0135. The summed E-state index contributed by atoms with van der Waals surface area (Å²) in [7, 11) is -3.96. The Balaban J connectivity index is 1.79. The van der Waals surface area contributed by atoms with Crippen molar-refractivity contribution < 1.29 is 27.7 Å². The summed E-state index contributed by atoms with van der Waals surface area (Å²) in [5.41, 5.74) is 0.889. The number of nitro benzene ring substituents is 1. The first-order valence-corrected chi connectivity index (χ1v) is 10.9. The molecule has 2 amide bonds. The minimum Gasteiger partial charge on any atom is -0.463 e. The van der Waals surface area contributed by atoms with E-state index >= 15 is 0 Å². The van der Waals surface area contributed by atoms with E-state index in [0.717, 1.165) is 11.6 Å². The van der Waals surface area contributed by atoms with Crippen LogP contribution in [0.4, 0.5) is 16.2 Å². The van der Waals surface area contributed by atoms with E-state index < -0.39 is 26.9 Å². The number of hydrogen-bond donors (Lipinski definition) is 3. The number of carbonyl (C=O) groups is 2. The third kappa shape index (κ3) is 7.81. The van der Waals surface area contributed by atoms with Crippen LogP contribution in [0.25, 0.3) is 6.08 Å². The van der Waals surface area contributed by atoms with Crippen LogP contribution < -0.4 is 15.4 Å². The number of esters is 1. The monoisotopic (exact) mass is 462 g/mol. The highest BCUT2D eigenvalue weighted by atomic mass is 32.2. The third-order valence-electron chi connectivity index (χ3n) is 3.91. The molecule has 2 aromatic rings. The van der Waals surface area contributed by atoms with Gasteiger partial charge in [0, 0.05) is 37.0 Å². The normalized spacial score (nSPS) is 11.2. The molecule has 0 saturated heterocycles. The van der Waals surface area contributed by atoms with Crippen LogP contribution >= 0.6 is 0 Å². The molecule has 0 unspecified atom stereocenters. The Hall–Kier alpha value is -3.77. The lowest BCUT2D eigenvalue weighted by molar-refractivity contribution is -0.385. The number of benzene rings is 2. The van der Waals surface area contributed by atoms with Crippen molar-refractivity contribution >= 4 is 39.5 Å². The average molecular weight is 462 g/mol. The molecule has 0 radical (unpaired) electrons. The SMILES string of the molecule is CCOC(=O)/C=C/c1ccc(NC(=O)NCCNS(=O)(=O)c2cccc([N+](=O)[O-])c2)cc1. The molecular formula is C20H22N4O7S. The van der Waals surface area contributed by atoms with E-state index in [2.05, 4.69) is 15.4 Å². The summed E-state index contributed by atoms with van der Waals surface area (Å²) in [6.45, 7) is 1.87. The van der Waals surface area contributed by atoms with Gasteiger partial charge < -0.3 is 15.4 Å². The van der Waals surface area contributed by atoms with Crippen molar-refractivity contribution in [3.63, 3.8) is 0 Å². The first kappa shape index (κ1) is 24.5. The molecule has 0 aromatic heterocycles. The zero-order chi connectivity index (χ0) is 23.6. The van der Waals surface area contributed by atoms with Gasteiger partial charge in [-0.15, -0.1) is 0 Å². The number of urea groups is 1. The first-order valence-electron chi connectivity index (χ1n) is 9.45. The molecule has 2 rings (SSSR count). The Morgan fingerprint density at radius 2 is 1.84 bits per heavy atom. The summed E-state index contributed by atoms with van der Waals surface area (Å²) in [5, 5.41) is 15.9. The van der Waals surface area contributed by atoms with Crippen LogP contribution in [0.2, 0.25) is 0 Å². The molecular weight excluding hydrogens is 440 g/mol. The second kappa shape index (κ2) is 11.6. The average Bonchev–Trinajstić information content (AvgIpc) is 2.76. The number of amides is 2. The van der Waals surface area contributed by atoms with E-state index in [1.807, 2.05) is 0 Å². The highest BCUT2D eigenvalue weighted by Crippen LogP contribution is 2.17. The minimum atomic E-state index is -3.96. The van der Waals surface area contributed by atoms with Gasteiger partial charge in [0.2, 0.25) is 10.0 Å². The van der Waals surface area contributed by atoms with Gasteiger partial charge in [0.25, 0.3) is 5.69 Å². The molecule has 0 atom stereocenters. The van der Waals surface area contributed by atoms with Crippen LogP contribution in [-0.2, 0) is 19.6 Å². The van der Waals surface area contributed by atoms with E-state index in [0.29, 0.717) is 5.69 Å². The Labute approximate surface area is 184 Å². The molecule has 12 heteroatoms. The molecule has 170 valence electrons. The first-order chi connectivity index (χ1) is 15.2. The van der Waals surface area contributed by atoms with Gasteiger partial charge >= 0.3 is 12.0 Å². The highest BCUT2D eigenvalue weighted by molar-refractivity contribution is 7.89. The molecule has 0 bridgehead atoms. The van der Waals surface area contributed by atoms with Crippen LogP contribution in [0.15, 0.2) is 59.5 Å². The quantitative estimate of drug-likeness (QED) is 0.161. The zero-order valence-corrected chi connectivity index (χ0v) is 17.9. The Morgan fingerprint density at radius 1 is 1.12 bits per heavy atom. The number of non-ortho nitro benzene ring substituents is 1. The standard InChI is InChI=1S/C20H22N4O7S/c1-2-31-19(25)11-8-15-6-9-16(10-7-15)23-20(26)21-12-13-22-32(29,30)18-5-3-4-17(14-18)24(27)28/h3-11,14,22H,2,12-13H2,1H3,(H2,21,23,26)/b11-8+. The van der Waals surface area contributed by atoms with Crippen molar-refractivity contribution in [2.24, 2.45) is 0 Å². The van der Waals surface area contributed by atoms with Crippen LogP contribution in [0.3, 0.4) is 0 Å². The van der Waals surface area contributed by atoms with Gasteiger partial charge in [-0.05, 0) is 36.8 Å². The van der Waals surface area contributed by atoms with Gasteiger partial charge in [-0.2, -0.15) is 0 Å². The van der Waals surface area contributed by atoms with Crippen molar-refractivity contribution in [3.05, 3.63) is 70.3 Å². The molecule has 3 N–H and O–H groups in total. The van der Waals surface area contributed by atoms with Crippen molar-refractivity contribution in [1.82, 2.24) is 10.0 Å². The second-order valence-corrected chi connectivity index (χ2v) is 8.01. The maximum Gasteiger partial charge on any atom is 0.330 e. The van der Waals surface area contributed by atoms with Crippen LogP contribution in [0.1, 0.15) is 12.5 Å². The van der Waals surface area contributed by atoms with Gasteiger partial charge in [-0.1, -0.05) is 18.2 Å². The summed E-state index contributed by atoms with van der Waals surface area (Å²) >= 11 is 0. The van der Waals surface area contributed by atoms with Gasteiger partial charge in [-0.3, -0.25) is 10.1 Å². The predicted octanol–water partition coefficient (Wildman–Crippen LogP) is 2.27. The Kier molecular flexibility index (Phi) is 8.86. The highest BCUT2D eigenvalue weighted by Gasteiger charge is 2.17. The lowest BCUT2D eigenvalue weighted by atomic mass is 10.2. The number of carbonyl (C=O) groups excluding carboxylic acids is 2. The number of ether oxygens (including phenoxy) is 1. The fourth-order valence-corrected chi connectivity index (χ4v) is 3.49. The maximum absolute atomic E-state index is 12.2. The number of rotatable bonds is 10. The maximum atomic E-state index is 12.2. The predicted molar refractivity (Wildman–Crippen MR) is 117 cm³/mol. The van der Waals surface area contributed by atoms with E-state index in [-0.39, 0.29) is 30.3 Å². The third-order valence-corrected chi connectivity index (χ3v) is 5.37. The van der Waals surface area contributed by atoms with Crippen LogP contribution in [0.5, 0.6) is 0 Å². The number of nitrogens with zero attached hydrogens (tertiary/aromatic N) is 1. The van der Waals surface area contributed by atoms with Gasteiger partial charge in [0.1, 0.15) is 0 Å². The molecule has 0 aliphatic heterocycles. The van der Waals surface area contributed by atoms with Crippen molar-refractivity contribution in [3.8, 4) is 0 Å². The fourth-order valence-electron chi connectivity index (χ4n) is 2.42. The van der Waals surface area contributed by atoms with E-state index in [1.165, 1.54) is 24.3 Å². The molecule has 0 fully saturated rings. The summed E-state index contributed by atoms with van der Waals surface area (Å²) in [6.07, 6.45) is 2.88. The van der Waals surface area contributed by atoms with E-state index in [1.54, 1.807) is 37.3 Å². The molecule has 32 heavy (non-hydrogen) atoms. The number of hydrogen-bond acceptors (Lipinski definition) is 7. The van der Waals surface area contributed by atoms with Gasteiger partial charge in [0.05, 0.1) is 16.4 Å². The van der Waals surface area contributed by atoms with Crippen LogP contribution in [-0.4, -0.2) is 45.0 Å². The lowest BCUT2D eigenvalue weighted by Crippen LogP contribution is -2.36. The number of sulfonamides is 1.